The van der Waals surface area contributed by atoms with Crippen molar-refractivity contribution in [1.29, 1.82) is 0 Å². The zero-order valence-corrected chi connectivity index (χ0v) is 19.7. The second kappa shape index (κ2) is 13.0. The molecule has 192 valence electrons. The van der Waals surface area contributed by atoms with Crippen LogP contribution in [0.3, 0.4) is 0 Å². The number of hydrogen-bond acceptors (Lipinski definition) is 6. The number of halogens is 3. The minimum atomic E-state index is -1.02. The first-order valence-electron chi connectivity index (χ1n) is 11.3. The molecule has 8 nitrogen and oxygen atoms in total. The number of anilines is 1. The van der Waals surface area contributed by atoms with Gasteiger partial charge >= 0.3 is 0 Å². The predicted molar refractivity (Wildman–Crippen MR) is 127 cm³/mol. The number of nitrogens with one attached hydrogen (secondary N) is 1. The van der Waals surface area contributed by atoms with Crippen molar-refractivity contribution < 1.29 is 32.7 Å². The lowest BCUT2D eigenvalue weighted by molar-refractivity contribution is -0.137. The number of carbonyl (C=O) groups excluding carboxylic acids is 2. The smallest absolute Gasteiger partial charge is 0.239 e. The number of aliphatic hydroxyl groups excluding tert-OH is 1. The summed E-state index contributed by atoms with van der Waals surface area (Å²) in [5, 5.41) is 12.4. The zero-order valence-electron chi connectivity index (χ0n) is 19.7. The van der Waals surface area contributed by atoms with E-state index >= 15 is 0 Å². The second-order valence-corrected chi connectivity index (χ2v) is 8.07. The number of amides is 2. The van der Waals surface area contributed by atoms with Crippen LogP contribution in [-0.4, -0.2) is 46.7 Å². The lowest BCUT2D eigenvalue weighted by Crippen LogP contribution is -2.51. The molecule has 0 saturated heterocycles. The second-order valence-electron chi connectivity index (χ2n) is 8.07. The molecule has 1 atom stereocenters. The zero-order chi connectivity index (χ0) is 26.1. The standard InChI is InChI=1S/C25H27F3N4O4/c1-17(35)32(30-14-19-5-4-7-23(27)25(19)28)22(6-2-3-10-33)15-36-31(16-34)24-12-20-11-21(26)9-8-18(20)13-29-24/h4-5,7-9,11-13,16,22,30,33H,2-3,6,10,14-15H2,1H3/t22-/m0/s1. The molecule has 0 aliphatic carbocycles. The van der Waals surface area contributed by atoms with Gasteiger partial charge < -0.3 is 5.11 Å². The SMILES string of the molecule is CC(=O)N(NCc1cccc(F)c1F)[C@@H](CCCCO)CON(C=O)c1cc2cc(F)ccc2cn1. The van der Waals surface area contributed by atoms with Gasteiger partial charge in [-0.2, -0.15) is 5.06 Å². The summed E-state index contributed by atoms with van der Waals surface area (Å²) in [5.74, 6) is -2.77. The van der Waals surface area contributed by atoms with Crippen molar-refractivity contribution in [2.45, 2.75) is 38.8 Å². The molecule has 0 radical (unpaired) electrons. The Hall–Kier alpha value is -3.54. The fraction of sp³-hybridized carbons (Fsp3) is 0.320. The van der Waals surface area contributed by atoms with E-state index in [9.17, 15) is 22.8 Å². The molecule has 3 aromatic rings. The van der Waals surface area contributed by atoms with E-state index in [1.54, 1.807) is 6.07 Å². The van der Waals surface area contributed by atoms with Crippen molar-refractivity contribution >= 4 is 28.9 Å². The van der Waals surface area contributed by atoms with E-state index in [1.165, 1.54) is 48.5 Å². The number of aromatic nitrogens is 1. The maximum Gasteiger partial charge on any atom is 0.239 e. The largest absolute Gasteiger partial charge is 0.396 e. The first kappa shape index (κ1) is 27.1. The lowest BCUT2D eigenvalue weighted by Gasteiger charge is -2.32. The summed E-state index contributed by atoms with van der Waals surface area (Å²) in [6.07, 6.45) is 3.24. The number of nitrogens with zero attached hydrogens (tertiary/aromatic N) is 3. The topological polar surface area (TPSA) is 95.0 Å². The Morgan fingerprint density at radius 2 is 1.97 bits per heavy atom. The minimum absolute atomic E-state index is 0.0263. The Morgan fingerprint density at radius 3 is 2.69 bits per heavy atom. The molecule has 0 spiro atoms. The Balaban J connectivity index is 1.76. The van der Waals surface area contributed by atoms with Gasteiger partial charge in [0.1, 0.15) is 5.82 Å². The van der Waals surface area contributed by atoms with Gasteiger partial charge in [-0.15, -0.1) is 0 Å². The molecule has 11 heteroatoms. The van der Waals surface area contributed by atoms with Crippen LogP contribution in [0.25, 0.3) is 10.8 Å². The molecule has 0 saturated carbocycles. The van der Waals surface area contributed by atoms with Crippen LogP contribution >= 0.6 is 0 Å². The highest BCUT2D eigenvalue weighted by molar-refractivity contribution is 5.85. The molecule has 0 aliphatic rings. The van der Waals surface area contributed by atoms with Crippen molar-refractivity contribution in [3.8, 4) is 0 Å². The third-order valence-electron chi connectivity index (χ3n) is 5.52. The summed E-state index contributed by atoms with van der Waals surface area (Å²) in [4.78, 5) is 34.0. The summed E-state index contributed by atoms with van der Waals surface area (Å²) in [7, 11) is 0. The van der Waals surface area contributed by atoms with Crippen LogP contribution in [0.15, 0.2) is 48.7 Å². The first-order valence-corrected chi connectivity index (χ1v) is 11.3. The van der Waals surface area contributed by atoms with Crippen LogP contribution < -0.4 is 10.5 Å². The van der Waals surface area contributed by atoms with Crippen LogP contribution in [0.5, 0.6) is 0 Å². The van der Waals surface area contributed by atoms with Crippen molar-refractivity contribution in [1.82, 2.24) is 15.4 Å². The number of aliphatic hydroxyl groups is 1. The number of hydrogen-bond donors (Lipinski definition) is 2. The molecule has 0 aliphatic heterocycles. The normalized spacial score (nSPS) is 11.9. The van der Waals surface area contributed by atoms with E-state index in [2.05, 4.69) is 10.4 Å². The lowest BCUT2D eigenvalue weighted by atomic mass is 10.1. The van der Waals surface area contributed by atoms with Gasteiger partial charge in [0.2, 0.25) is 12.3 Å². The maximum absolute atomic E-state index is 14.1. The number of hydrazine groups is 1. The summed E-state index contributed by atoms with van der Waals surface area (Å²) in [6.45, 7) is 0.915. The Bertz CT molecular complexity index is 1200. The first-order chi connectivity index (χ1) is 17.3. The molecule has 2 aromatic carbocycles. The van der Waals surface area contributed by atoms with Crippen molar-refractivity contribution in [2.75, 3.05) is 18.3 Å². The van der Waals surface area contributed by atoms with Crippen LogP contribution in [0.2, 0.25) is 0 Å². The molecular formula is C25H27F3N4O4. The number of pyridine rings is 1. The van der Waals surface area contributed by atoms with Crippen molar-refractivity contribution in [3.05, 3.63) is 71.7 Å². The number of carbonyl (C=O) groups is 2. The molecule has 0 unspecified atom stereocenters. The third kappa shape index (κ3) is 7.00. The van der Waals surface area contributed by atoms with E-state index in [-0.39, 0.29) is 31.1 Å². The molecule has 3 rings (SSSR count). The van der Waals surface area contributed by atoms with Gasteiger partial charge in [0.05, 0.1) is 12.6 Å². The Labute approximate surface area is 206 Å². The highest BCUT2D eigenvalue weighted by atomic mass is 19.2. The number of hydroxylamine groups is 1. The fourth-order valence-corrected chi connectivity index (χ4v) is 3.67. The van der Waals surface area contributed by atoms with Gasteiger partial charge in [0.15, 0.2) is 17.5 Å². The van der Waals surface area contributed by atoms with Crippen molar-refractivity contribution in [3.63, 3.8) is 0 Å². The predicted octanol–water partition coefficient (Wildman–Crippen LogP) is 3.63. The molecule has 1 heterocycles. The molecular weight excluding hydrogens is 477 g/mol. The van der Waals surface area contributed by atoms with Crippen LogP contribution in [-0.2, 0) is 21.0 Å². The van der Waals surface area contributed by atoms with Crippen LogP contribution in [0, 0.1) is 17.5 Å². The molecule has 2 amide bonds. The van der Waals surface area contributed by atoms with Gasteiger partial charge in [-0.05, 0) is 55.0 Å². The average molecular weight is 505 g/mol. The number of fused-ring (bicyclic) bond motifs is 1. The monoisotopic (exact) mass is 504 g/mol. The van der Waals surface area contributed by atoms with Gasteiger partial charge in [-0.1, -0.05) is 12.1 Å². The van der Waals surface area contributed by atoms with Crippen LogP contribution in [0.1, 0.15) is 31.7 Å². The number of rotatable bonds is 13. The third-order valence-corrected chi connectivity index (χ3v) is 5.52. The average Bonchev–Trinajstić information content (AvgIpc) is 2.86. The minimum Gasteiger partial charge on any atom is -0.396 e. The van der Waals surface area contributed by atoms with Gasteiger partial charge in [0, 0.05) is 37.2 Å². The van der Waals surface area contributed by atoms with Crippen molar-refractivity contribution in [2.24, 2.45) is 0 Å². The van der Waals surface area contributed by atoms with Gasteiger partial charge in [-0.3, -0.25) is 19.4 Å². The van der Waals surface area contributed by atoms with Gasteiger partial charge in [0.25, 0.3) is 0 Å². The molecule has 36 heavy (non-hydrogen) atoms. The summed E-state index contributed by atoms with van der Waals surface area (Å²) >= 11 is 0. The summed E-state index contributed by atoms with van der Waals surface area (Å²) < 4.78 is 41.3. The van der Waals surface area contributed by atoms with E-state index in [1.807, 2.05) is 0 Å². The fourth-order valence-electron chi connectivity index (χ4n) is 3.67. The Kier molecular flexibility index (Phi) is 9.74. The molecule has 2 N–H and O–H groups in total. The van der Waals surface area contributed by atoms with E-state index in [0.717, 1.165) is 11.1 Å². The number of benzene rings is 2. The quantitative estimate of drug-likeness (QED) is 0.210. The highest BCUT2D eigenvalue weighted by Gasteiger charge is 2.24. The Morgan fingerprint density at radius 1 is 1.17 bits per heavy atom. The van der Waals surface area contributed by atoms with Gasteiger partial charge in [-0.25, -0.2) is 23.6 Å². The van der Waals surface area contributed by atoms with E-state index < -0.39 is 29.4 Å². The van der Waals surface area contributed by atoms with E-state index in [0.29, 0.717) is 36.4 Å². The van der Waals surface area contributed by atoms with Crippen LogP contribution in [0.4, 0.5) is 19.0 Å². The van der Waals surface area contributed by atoms with E-state index in [4.69, 9.17) is 9.94 Å². The highest BCUT2D eigenvalue weighted by Crippen LogP contribution is 2.21. The maximum atomic E-state index is 14.1. The summed E-state index contributed by atoms with van der Waals surface area (Å²) in [6, 6.07) is 8.76. The number of unbranched alkanes of at least 4 members (excludes halogenated alkanes) is 1. The molecule has 0 bridgehead atoms. The molecule has 1 aromatic heterocycles. The molecule has 0 fully saturated rings. The summed E-state index contributed by atoms with van der Waals surface area (Å²) in [5.41, 5.74) is 2.84.